The second-order valence-corrected chi connectivity index (χ2v) is 7.03. The highest BCUT2D eigenvalue weighted by Gasteiger charge is 2.37. The third-order valence-electron chi connectivity index (χ3n) is 4.68. The fraction of sp³-hybridized carbons (Fsp3) is 0.0455. The number of halogens is 2. The summed E-state index contributed by atoms with van der Waals surface area (Å²) in [5.41, 5.74) is 2.18. The van der Waals surface area contributed by atoms with E-state index in [1.54, 1.807) is 18.2 Å². The Balaban J connectivity index is 1.64. The van der Waals surface area contributed by atoms with E-state index in [-0.39, 0.29) is 22.4 Å². The first-order valence-electron chi connectivity index (χ1n) is 8.71. The van der Waals surface area contributed by atoms with Crippen molar-refractivity contribution in [3.05, 3.63) is 93.8 Å². The van der Waals surface area contributed by atoms with Crippen LogP contribution in [0.15, 0.2) is 60.7 Å². The number of hydrogen-bond acceptors (Lipinski definition) is 3. The van der Waals surface area contributed by atoms with Crippen LogP contribution in [0.3, 0.4) is 0 Å². The molecule has 0 saturated heterocycles. The SMILES string of the molecule is Cc1ccc(Cl)cc1NC(=O)c1ccc2c(c1)C(=O)N(c1ccc(F)cc1)C2=O. The lowest BCUT2D eigenvalue weighted by atomic mass is 10.0. The molecule has 1 aliphatic heterocycles. The number of imide groups is 1. The van der Waals surface area contributed by atoms with Crippen LogP contribution in [0, 0.1) is 12.7 Å². The molecule has 1 heterocycles. The lowest BCUT2D eigenvalue weighted by molar-refractivity contribution is 0.0925. The monoisotopic (exact) mass is 408 g/mol. The van der Waals surface area contributed by atoms with E-state index in [0.717, 1.165) is 10.5 Å². The summed E-state index contributed by atoms with van der Waals surface area (Å²) in [4.78, 5) is 39.0. The van der Waals surface area contributed by atoms with E-state index >= 15 is 0 Å². The molecule has 1 aliphatic rings. The first kappa shape index (κ1) is 18.8. The molecule has 5 nitrogen and oxygen atoms in total. The summed E-state index contributed by atoms with van der Waals surface area (Å²) in [7, 11) is 0. The molecule has 0 atom stereocenters. The maximum atomic E-state index is 13.2. The van der Waals surface area contributed by atoms with Gasteiger partial charge in [0.2, 0.25) is 0 Å². The first-order valence-corrected chi connectivity index (χ1v) is 9.09. The highest BCUT2D eigenvalue weighted by Crippen LogP contribution is 2.29. The van der Waals surface area contributed by atoms with Gasteiger partial charge in [-0.2, -0.15) is 0 Å². The average Bonchev–Trinajstić information content (AvgIpc) is 2.95. The molecular weight excluding hydrogens is 395 g/mol. The van der Waals surface area contributed by atoms with Crippen molar-refractivity contribution in [2.24, 2.45) is 0 Å². The van der Waals surface area contributed by atoms with Crippen molar-refractivity contribution in [2.75, 3.05) is 10.2 Å². The Kier molecular flexibility index (Phi) is 4.64. The van der Waals surface area contributed by atoms with Crippen LogP contribution in [0.1, 0.15) is 36.6 Å². The molecule has 0 fully saturated rings. The quantitative estimate of drug-likeness (QED) is 0.630. The number of rotatable bonds is 3. The van der Waals surface area contributed by atoms with Crippen molar-refractivity contribution < 1.29 is 18.8 Å². The zero-order valence-corrected chi connectivity index (χ0v) is 16.0. The maximum Gasteiger partial charge on any atom is 0.266 e. The molecule has 0 aliphatic carbocycles. The molecule has 0 aromatic heterocycles. The van der Waals surface area contributed by atoms with Gasteiger partial charge in [0, 0.05) is 16.3 Å². The topological polar surface area (TPSA) is 66.5 Å². The van der Waals surface area contributed by atoms with Crippen molar-refractivity contribution >= 4 is 40.7 Å². The fourth-order valence-electron chi connectivity index (χ4n) is 3.13. The number of fused-ring (bicyclic) bond motifs is 1. The van der Waals surface area contributed by atoms with E-state index in [9.17, 15) is 18.8 Å². The van der Waals surface area contributed by atoms with E-state index in [2.05, 4.69) is 5.32 Å². The number of benzene rings is 3. The minimum atomic E-state index is -0.565. The molecule has 3 amide bonds. The lowest BCUT2D eigenvalue weighted by Gasteiger charge is -2.13. The normalized spacial score (nSPS) is 12.9. The van der Waals surface area contributed by atoms with Crippen LogP contribution in [-0.4, -0.2) is 17.7 Å². The Morgan fingerprint density at radius 3 is 2.34 bits per heavy atom. The maximum absolute atomic E-state index is 13.2. The molecule has 3 aromatic carbocycles. The van der Waals surface area contributed by atoms with Crippen LogP contribution in [0.2, 0.25) is 5.02 Å². The predicted molar refractivity (Wildman–Crippen MR) is 108 cm³/mol. The summed E-state index contributed by atoms with van der Waals surface area (Å²) in [5.74, 6) is -1.99. The second kappa shape index (κ2) is 7.14. The Bertz CT molecular complexity index is 1180. The Hall–Kier alpha value is -3.51. The van der Waals surface area contributed by atoms with E-state index in [4.69, 9.17) is 11.6 Å². The number of carbonyl (C=O) groups is 3. The minimum Gasteiger partial charge on any atom is -0.322 e. The summed E-state index contributed by atoms with van der Waals surface area (Å²) in [6.07, 6.45) is 0. The molecule has 29 heavy (non-hydrogen) atoms. The molecule has 0 unspecified atom stereocenters. The molecule has 0 radical (unpaired) electrons. The number of amides is 3. The fourth-order valence-corrected chi connectivity index (χ4v) is 3.30. The standard InChI is InChI=1S/C22H14ClFN2O3/c1-12-2-4-14(23)11-19(12)25-20(27)13-3-9-17-18(10-13)22(29)26(21(17)28)16-7-5-15(24)6-8-16/h2-11H,1H3,(H,25,27). The molecule has 0 spiro atoms. The number of anilines is 2. The molecule has 0 bridgehead atoms. The lowest BCUT2D eigenvalue weighted by Crippen LogP contribution is -2.29. The third kappa shape index (κ3) is 3.39. The van der Waals surface area contributed by atoms with Crippen molar-refractivity contribution in [3.63, 3.8) is 0 Å². The molecule has 1 N–H and O–H groups in total. The minimum absolute atomic E-state index is 0.120. The predicted octanol–water partition coefficient (Wildman–Crippen LogP) is 4.84. The van der Waals surface area contributed by atoms with Crippen LogP contribution in [0.5, 0.6) is 0 Å². The largest absolute Gasteiger partial charge is 0.322 e. The summed E-state index contributed by atoms with van der Waals surface area (Å²) < 4.78 is 13.2. The van der Waals surface area contributed by atoms with Crippen molar-refractivity contribution in [1.29, 1.82) is 0 Å². The number of carbonyl (C=O) groups excluding carboxylic acids is 3. The van der Waals surface area contributed by atoms with Gasteiger partial charge >= 0.3 is 0 Å². The van der Waals surface area contributed by atoms with Gasteiger partial charge in [-0.05, 0) is 67.1 Å². The van der Waals surface area contributed by atoms with Gasteiger partial charge in [0.1, 0.15) is 5.82 Å². The average molecular weight is 409 g/mol. The zero-order chi connectivity index (χ0) is 20.7. The van der Waals surface area contributed by atoms with Crippen molar-refractivity contribution in [1.82, 2.24) is 0 Å². The molecular formula is C22H14ClFN2O3. The zero-order valence-electron chi connectivity index (χ0n) is 15.2. The van der Waals surface area contributed by atoms with Gasteiger partial charge in [-0.3, -0.25) is 14.4 Å². The van der Waals surface area contributed by atoms with Gasteiger partial charge in [-0.25, -0.2) is 9.29 Å². The molecule has 7 heteroatoms. The van der Waals surface area contributed by atoms with Crippen LogP contribution < -0.4 is 10.2 Å². The second-order valence-electron chi connectivity index (χ2n) is 6.60. The van der Waals surface area contributed by atoms with E-state index in [1.165, 1.54) is 42.5 Å². The molecule has 3 aromatic rings. The van der Waals surface area contributed by atoms with Gasteiger partial charge in [0.25, 0.3) is 17.7 Å². The summed E-state index contributed by atoms with van der Waals surface area (Å²) in [5, 5.41) is 3.24. The molecule has 0 saturated carbocycles. The molecule has 144 valence electrons. The van der Waals surface area contributed by atoms with Crippen LogP contribution in [0.4, 0.5) is 15.8 Å². The van der Waals surface area contributed by atoms with Crippen LogP contribution in [0.25, 0.3) is 0 Å². The number of aryl methyl sites for hydroxylation is 1. The Labute approximate surface area is 170 Å². The van der Waals surface area contributed by atoms with Crippen molar-refractivity contribution in [2.45, 2.75) is 6.92 Å². The van der Waals surface area contributed by atoms with Gasteiger partial charge in [-0.1, -0.05) is 17.7 Å². The Morgan fingerprint density at radius 1 is 0.931 bits per heavy atom. The van der Waals surface area contributed by atoms with Crippen LogP contribution in [-0.2, 0) is 0 Å². The van der Waals surface area contributed by atoms with Gasteiger partial charge in [0.05, 0.1) is 16.8 Å². The summed E-state index contributed by atoms with van der Waals surface area (Å²) >= 11 is 5.98. The van der Waals surface area contributed by atoms with E-state index < -0.39 is 23.5 Å². The van der Waals surface area contributed by atoms with E-state index in [1.807, 2.05) is 6.92 Å². The van der Waals surface area contributed by atoms with Gasteiger partial charge in [0.15, 0.2) is 0 Å². The van der Waals surface area contributed by atoms with Crippen LogP contribution >= 0.6 is 11.6 Å². The third-order valence-corrected chi connectivity index (χ3v) is 4.92. The number of nitrogens with zero attached hydrogens (tertiary/aromatic N) is 1. The number of hydrogen-bond donors (Lipinski definition) is 1. The highest BCUT2D eigenvalue weighted by atomic mass is 35.5. The first-order chi connectivity index (χ1) is 13.8. The van der Waals surface area contributed by atoms with Gasteiger partial charge < -0.3 is 5.32 Å². The summed E-state index contributed by atoms with van der Waals surface area (Å²) in [6.45, 7) is 1.83. The van der Waals surface area contributed by atoms with Crippen molar-refractivity contribution in [3.8, 4) is 0 Å². The summed E-state index contributed by atoms with van der Waals surface area (Å²) in [6, 6.07) is 14.5. The van der Waals surface area contributed by atoms with E-state index in [0.29, 0.717) is 10.7 Å². The number of nitrogens with one attached hydrogen (secondary N) is 1. The Morgan fingerprint density at radius 2 is 1.62 bits per heavy atom. The van der Waals surface area contributed by atoms with Gasteiger partial charge in [-0.15, -0.1) is 0 Å². The highest BCUT2D eigenvalue weighted by molar-refractivity contribution is 6.35. The smallest absolute Gasteiger partial charge is 0.266 e. The molecule has 4 rings (SSSR count).